The zero-order valence-electron chi connectivity index (χ0n) is 19.0. The number of carbonyl (C=O) groups excluding carboxylic acids is 3. The van der Waals surface area contributed by atoms with Crippen molar-refractivity contribution in [2.24, 2.45) is 11.8 Å². The number of carbonyl (C=O) groups is 3. The number of benzene rings is 1. The van der Waals surface area contributed by atoms with Gasteiger partial charge in [-0.3, -0.25) is 14.4 Å². The monoisotopic (exact) mass is 420 g/mol. The van der Waals surface area contributed by atoms with E-state index in [4.69, 9.17) is 9.47 Å². The van der Waals surface area contributed by atoms with Crippen molar-refractivity contribution in [3.8, 4) is 0 Å². The molecule has 1 aromatic rings. The maximum atomic E-state index is 12.4. The van der Waals surface area contributed by atoms with Crippen LogP contribution >= 0.6 is 0 Å². The summed E-state index contributed by atoms with van der Waals surface area (Å²) in [5.74, 6) is -0.934. The molecule has 1 aromatic carbocycles. The number of anilines is 1. The van der Waals surface area contributed by atoms with Crippen LogP contribution in [0.3, 0.4) is 0 Å². The summed E-state index contributed by atoms with van der Waals surface area (Å²) >= 11 is 0. The van der Waals surface area contributed by atoms with Gasteiger partial charge in [0.1, 0.15) is 6.61 Å². The van der Waals surface area contributed by atoms with Crippen molar-refractivity contribution in [2.75, 3.05) is 38.3 Å². The van der Waals surface area contributed by atoms with Crippen LogP contribution in [0.1, 0.15) is 62.3 Å². The Hall–Kier alpha value is -2.09. The van der Waals surface area contributed by atoms with Gasteiger partial charge in [0.25, 0.3) is 0 Å². The molecule has 0 saturated heterocycles. The van der Waals surface area contributed by atoms with Crippen molar-refractivity contribution in [1.82, 2.24) is 5.32 Å². The molecular weight excluding hydrogens is 384 g/mol. The fourth-order valence-electron chi connectivity index (χ4n) is 2.65. The first-order valence-electron chi connectivity index (χ1n) is 10.5. The molecule has 0 aliphatic rings. The summed E-state index contributed by atoms with van der Waals surface area (Å²) in [4.78, 5) is 37.0. The van der Waals surface area contributed by atoms with Gasteiger partial charge in [-0.1, -0.05) is 41.5 Å². The molecule has 0 spiro atoms. The molecule has 0 saturated carbocycles. The van der Waals surface area contributed by atoms with E-state index in [2.05, 4.69) is 24.5 Å². The van der Waals surface area contributed by atoms with Gasteiger partial charge in [-0.25, -0.2) is 0 Å². The van der Waals surface area contributed by atoms with Crippen LogP contribution in [-0.4, -0.2) is 56.5 Å². The van der Waals surface area contributed by atoms with Gasteiger partial charge in [-0.2, -0.15) is 0 Å². The van der Waals surface area contributed by atoms with Gasteiger partial charge in [0, 0.05) is 41.2 Å². The largest absolute Gasteiger partial charge is 0.378 e. The Labute approximate surface area is 179 Å². The highest BCUT2D eigenvalue weighted by atomic mass is 16.5. The van der Waals surface area contributed by atoms with Crippen LogP contribution < -0.4 is 10.6 Å². The minimum atomic E-state index is -0.353. The molecule has 0 aliphatic carbocycles. The van der Waals surface area contributed by atoms with Crippen LogP contribution in [0.4, 0.5) is 5.69 Å². The number of amides is 1. The first-order valence-corrected chi connectivity index (χ1v) is 10.5. The summed E-state index contributed by atoms with van der Waals surface area (Å²) in [6, 6.07) is 5.21. The predicted octanol–water partition coefficient (Wildman–Crippen LogP) is 3.33. The van der Waals surface area contributed by atoms with Crippen LogP contribution in [-0.2, 0) is 14.3 Å². The summed E-state index contributed by atoms with van der Waals surface area (Å²) in [5.41, 5.74) is 1.24. The Bertz CT molecular complexity index is 675. The summed E-state index contributed by atoms with van der Waals surface area (Å²) in [7, 11) is 0. The van der Waals surface area contributed by atoms with Crippen LogP contribution in [0.15, 0.2) is 18.2 Å². The number of hydrogen-bond acceptors (Lipinski definition) is 6. The predicted molar refractivity (Wildman–Crippen MR) is 118 cm³/mol. The van der Waals surface area contributed by atoms with Crippen molar-refractivity contribution < 1.29 is 23.9 Å². The van der Waals surface area contributed by atoms with Crippen LogP contribution in [0.25, 0.3) is 0 Å². The Kier molecular flexibility index (Phi) is 11.5. The Morgan fingerprint density at radius 2 is 1.33 bits per heavy atom. The topological polar surface area (TPSA) is 93.7 Å². The molecule has 0 heterocycles. The lowest BCUT2D eigenvalue weighted by atomic mass is 9.94. The first kappa shape index (κ1) is 25.9. The molecule has 0 aromatic heterocycles. The second-order valence-electron chi connectivity index (χ2n) is 8.16. The highest BCUT2D eigenvalue weighted by Gasteiger charge is 2.18. The van der Waals surface area contributed by atoms with E-state index >= 15 is 0 Å². The molecule has 30 heavy (non-hydrogen) atoms. The smallest absolute Gasteiger partial charge is 0.250 e. The molecule has 2 N–H and O–H groups in total. The molecule has 7 heteroatoms. The molecule has 168 valence electrons. The summed E-state index contributed by atoms with van der Waals surface area (Å²) in [6.45, 7) is 13.2. The zero-order chi connectivity index (χ0) is 22.7. The standard InChI is InChI=1S/C23H36N2O5/c1-15(2)22(27)18-11-19(23(28)16(3)4)13-20(12-18)25-21(26)14-30-10-9-29-8-7-24-17(5)6/h11-13,15-17,24H,7-10,14H2,1-6H3,(H,25,26). The second kappa shape index (κ2) is 13.3. The fourth-order valence-corrected chi connectivity index (χ4v) is 2.65. The number of hydrogen-bond donors (Lipinski definition) is 2. The van der Waals surface area contributed by atoms with Crippen molar-refractivity contribution in [1.29, 1.82) is 0 Å². The maximum absolute atomic E-state index is 12.4. The molecule has 7 nitrogen and oxygen atoms in total. The van der Waals surface area contributed by atoms with Gasteiger partial charge in [0.2, 0.25) is 5.91 Å². The van der Waals surface area contributed by atoms with E-state index in [0.29, 0.717) is 42.7 Å². The van der Waals surface area contributed by atoms with E-state index in [9.17, 15) is 14.4 Å². The zero-order valence-corrected chi connectivity index (χ0v) is 19.0. The highest BCUT2D eigenvalue weighted by molar-refractivity contribution is 6.05. The SMILES string of the molecule is CC(C)NCCOCCOCC(=O)Nc1cc(C(=O)C(C)C)cc(C(=O)C(C)C)c1. The van der Waals surface area contributed by atoms with Gasteiger partial charge in [-0.05, 0) is 18.2 Å². The molecule has 0 bridgehead atoms. The van der Waals surface area contributed by atoms with Gasteiger partial charge < -0.3 is 20.1 Å². The van der Waals surface area contributed by atoms with Crippen LogP contribution in [0.5, 0.6) is 0 Å². The molecule has 0 fully saturated rings. The van der Waals surface area contributed by atoms with Crippen LogP contribution in [0, 0.1) is 11.8 Å². The van der Waals surface area contributed by atoms with Crippen molar-refractivity contribution >= 4 is 23.2 Å². The average Bonchev–Trinajstić information content (AvgIpc) is 2.67. The van der Waals surface area contributed by atoms with Gasteiger partial charge >= 0.3 is 0 Å². The molecule has 0 unspecified atom stereocenters. The summed E-state index contributed by atoms with van der Waals surface area (Å²) < 4.78 is 10.8. The van der Waals surface area contributed by atoms with Crippen LogP contribution in [0.2, 0.25) is 0 Å². The summed E-state index contributed by atoms with van der Waals surface area (Å²) in [6.07, 6.45) is 0. The average molecular weight is 421 g/mol. The third-order valence-electron chi connectivity index (χ3n) is 4.24. The Morgan fingerprint density at radius 1 is 0.800 bits per heavy atom. The minimum Gasteiger partial charge on any atom is -0.378 e. The minimum absolute atomic E-state index is 0.0794. The van der Waals surface area contributed by atoms with Crippen molar-refractivity contribution in [2.45, 2.75) is 47.6 Å². The Balaban J connectivity index is 2.60. The lowest BCUT2D eigenvalue weighted by Crippen LogP contribution is -2.27. The molecule has 0 atom stereocenters. The van der Waals surface area contributed by atoms with E-state index in [1.54, 1.807) is 45.9 Å². The quantitative estimate of drug-likeness (QED) is 0.354. The van der Waals surface area contributed by atoms with E-state index in [1.807, 2.05) is 0 Å². The van der Waals surface area contributed by atoms with Gasteiger partial charge in [0.15, 0.2) is 11.6 Å². The number of rotatable bonds is 14. The lowest BCUT2D eigenvalue weighted by molar-refractivity contribution is -0.121. The number of ketones is 2. The van der Waals surface area contributed by atoms with E-state index in [1.165, 1.54) is 0 Å². The number of nitrogens with one attached hydrogen (secondary N) is 2. The van der Waals surface area contributed by atoms with Gasteiger partial charge in [-0.15, -0.1) is 0 Å². The maximum Gasteiger partial charge on any atom is 0.250 e. The molecule has 0 radical (unpaired) electrons. The fraction of sp³-hybridized carbons (Fsp3) is 0.609. The summed E-state index contributed by atoms with van der Waals surface area (Å²) in [5, 5.41) is 5.96. The second-order valence-corrected chi connectivity index (χ2v) is 8.16. The molecular formula is C23H36N2O5. The third kappa shape index (κ3) is 9.61. The van der Waals surface area contributed by atoms with E-state index in [-0.39, 0.29) is 35.9 Å². The van der Waals surface area contributed by atoms with E-state index in [0.717, 1.165) is 6.54 Å². The first-order chi connectivity index (χ1) is 14.1. The molecule has 1 amide bonds. The third-order valence-corrected chi connectivity index (χ3v) is 4.24. The Morgan fingerprint density at radius 3 is 1.83 bits per heavy atom. The molecule has 0 aliphatic heterocycles. The highest BCUT2D eigenvalue weighted by Crippen LogP contribution is 2.20. The van der Waals surface area contributed by atoms with Crippen molar-refractivity contribution in [3.05, 3.63) is 29.3 Å². The number of ether oxygens (including phenoxy) is 2. The normalized spacial score (nSPS) is 11.4. The van der Waals surface area contributed by atoms with Crippen molar-refractivity contribution in [3.63, 3.8) is 0 Å². The molecule has 1 rings (SSSR count). The van der Waals surface area contributed by atoms with E-state index < -0.39 is 0 Å². The lowest BCUT2D eigenvalue weighted by Gasteiger charge is -2.13. The van der Waals surface area contributed by atoms with Gasteiger partial charge in [0.05, 0.1) is 19.8 Å². The number of Topliss-reactive ketones (excluding diaryl/α,β-unsaturated/α-hetero) is 2.